The molecule has 0 saturated heterocycles. The number of hydrogen-bond donors (Lipinski definition) is 0. The molecule has 0 unspecified atom stereocenters. The van der Waals surface area contributed by atoms with E-state index in [1.165, 1.54) is 11.5 Å². The number of rotatable bonds is 0. The van der Waals surface area contributed by atoms with Crippen molar-refractivity contribution in [3.05, 3.63) is 30.0 Å². The van der Waals surface area contributed by atoms with Crippen LogP contribution in [0.4, 0.5) is 0 Å². The zero-order valence-corrected chi connectivity index (χ0v) is 6.43. The van der Waals surface area contributed by atoms with Gasteiger partial charge in [0.15, 0.2) is 0 Å². The average molecular weight is 160 g/mol. The number of hydrogen-bond acceptors (Lipinski definition) is 3. The molecule has 2 aromatic rings. The summed E-state index contributed by atoms with van der Waals surface area (Å²) in [6, 6.07) is 7.76. The van der Waals surface area contributed by atoms with Crippen molar-refractivity contribution in [3.63, 3.8) is 0 Å². The molecule has 0 N–H and O–H groups in total. The molecular formula is C8H4N2S. The van der Waals surface area contributed by atoms with Gasteiger partial charge in [-0.05, 0) is 17.6 Å². The van der Waals surface area contributed by atoms with Crippen LogP contribution in [0.3, 0.4) is 0 Å². The molecule has 2 nitrogen and oxygen atoms in total. The third-order valence-corrected chi connectivity index (χ3v) is 2.35. The van der Waals surface area contributed by atoms with Crippen molar-refractivity contribution in [3.8, 4) is 6.07 Å². The molecule has 0 aliphatic carbocycles. The smallest absolute Gasteiger partial charge is 0.101 e. The number of nitriles is 1. The minimum atomic E-state index is 0.713. The van der Waals surface area contributed by atoms with Crippen molar-refractivity contribution in [2.24, 2.45) is 0 Å². The van der Waals surface area contributed by atoms with Gasteiger partial charge in [-0.2, -0.15) is 9.64 Å². The van der Waals surface area contributed by atoms with Crippen LogP contribution in [0.2, 0.25) is 0 Å². The molecule has 0 aliphatic heterocycles. The van der Waals surface area contributed by atoms with Gasteiger partial charge in [0, 0.05) is 11.6 Å². The van der Waals surface area contributed by atoms with E-state index in [9.17, 15) is 0 Å². The molecule has 0 fully saturated rings. The van der Waals surface area contributed by atoms with Gasteiger partial charge in [0.2, 0.25) is 0 Å². The fourth-order valence-electron chi connectivity index (χ4n) is 0.982. The quantitative estimate of drug-likeness (QED) is 0.592. The van der Waals surface area contributed by atoms with Crippen molar-refractivity contribution in [1.82, 2.24) is 4.37 Å². The minimum Gasteiger partial charge on any atom is -0.200 e. The molecule has 0 aliphatic rings. The van der Waals surface area contributed by atoms with E-state index >= 15 is 0 Å². The summed E-state index contributed by atoms with van der Waals surface area (Å²) in [5.74, 6) is 0. The Labute approximate surface area is 67.9 Å². The second-order valence-corrected chi connectivity index (χ2v) is 2.96. The Balaban J connectivity index is 2.92. The van der Waals surface area contributed by atoms with E-state index in [0.717, 1.165) is 10.1 Å². The highest BCUT2D eigenvalue weighted by atomic mass is 32.1. The molecule has 1 heterocycles. The highest BCUT2D eigenvalue weighted by molar-refractivity contribution is 7.13. The van der Waals surface area contributed by atoms with Gasteiger partial charge < -0.3 is 0 Å². The lowest BCUT2D eigenvalue weighted by Gasteiger charge is -1.87. The molecule has 0 bridgehead atoms. The van der Waals surface area contributed by atoms with Gasteiger partial charge in [0.1, 0.15) is 6.07 Å². The van der Waals surface area contributed by atoms with Crippen molar-refractivity contribution < 1.29 is 0 Å². The van der Waals surface area contributed by atoms with Gasteiger partial charge in [-0.25, -0.2) is 0 Å². The Morgan fingerprint density at radius 1 is 1.45 bits per heavy atom. The van der Waals surface area contributed by atoms with E-state index in [1.54, 1.807) is 12.3 Å². The van der Waals surface area contributed by atoms with Crippen molar-refractivity contribution in [2.75, 3.05) is 0 Å². The van der Waals surface area contributed by atoms with E-state index in [0.29, 0.717) is 5.56 Å². The van der Waals surface area contributed by atoms with Gasteiger partial charge in [-0.3, -0.25) is 0 Å². The SMILES string of the molecule is N#Cc1cccc2cnsc12. The van der Waals surface area contributed by atoms with Crippen LogP contribution in [0.15, 0.2) is 24.4 Å². The van der Waals surface area contributed by atoms with E-state index in [1.807, 2.05) is 12.1 Å². The highest BCUT2D eigenvalue weighted by Crippen LogP contribution is 2.21. The lowest BCUT2D eigenvalue weighted by Crippen LogP contribution is -1.70. The number of aromatic nitrogens is 1. The van der Waals surface area contributed by atoms with Crippen LogP contribution in [0, 0.1) is 11.3 Å². The third kappa shape index (κ3) is 0.883. The summed E-state index contributed by atoms with van der Waals surface area (Å²) in [5.41, 5.74) is 0.713. The average Bonchev–Trinajstić information content (AvgIpc) is 2.50. The van der Waals surface area contributed by atoms with E-state index < -0.39 is 0 Å². The Bertz CT molecular complexity index is 425. The van der Waals surface area contributed by atoms with Crippen LogP contribution in [-0.2, 0) is 0 Å². The van der Waals surface area contributed by atoms with Gasteiger partial charge in [-0.1, -0.05) is 12.1 Å². The fraction of sp³-hybridized carbons (Fsp3) is 0. The maximum Gasteiger partial charge on any atom is 0.101 e. The standard InChI is InChI=1S/C8H4N2S/c9-4-6-2-1-3-7-5-10-11-8(6)7/h1-3,5H. The predicted octanol–water partition coefficient (Wildman–Crippen LogP) is 2.17. The second-order valence-electron chi connectivity index (χ2n) is 2.16. The van der Waals surface area contributed by atoms with Crippen LogP contribution in [0.5, 0.6) is 0 Å². The van der Waals surface area contributed by atoms with E-state index in [4.69, 9.17) is 5.26 Å². The summed E-state index contributed by atoms with van der Waals surface area (Å²) in [6.45, 7) is 0. The van der Waals surface area contributed by atoms with E-state index in [2.05, 4.69) is 10.4 Å². The number of benzene rings is 1. The van der Waals surface area contributed by atoms with Crippen LogP contribution < -0.4 is 0 Å². The molecule has 1 aromatic heterocycles. The normalized spacial score (nSPS) is 9.73. The third-order valence-electron chi connectivity index (χ3n) is 1.50. The zero-order chi connectivity index (χ0) is 7.68. The zero-order valence-electron chi connectivity index (χ0n) is 5.61. The molecule has 1 aromatic carbocycles. The Morgan fingerprint density at radius 3 is 3.18 bits per heavy atom. The largest absolute Gasteiger partial charge is 0.200 e. The minimum absolute atomic E-state index is 0.713. The first-order chi connectivity index (χ1) is 5.42. The monoisotopic (exact) mass is 160 g/mol. The van der Waals surface area contributed by atoms with Gasteiger partial charge in [0.05, 0.1) is 10.3 Å². The van der Waals surface area contributed by atoms with Gasteiger partial charge in [-0.15, -0.1) is 0 Å². The van der Waals surface area contributed by atoms with E-state index in [-0.39, 0.29) is 0 Å². The lowest BCUT2D eigenvalue weighted by atomic mass is 10.2. The molecule has 3 heteroatoms. The van der Waals surface area contributed by atoms with Crippen molar-refractivity contribution >= 4 is 21.6 Å². The maximum absolute atomic E-state index is 8.68. The number of nitrogens with zero attached hydrogens (tertiary/aromatic N) is 2. The lowest BCUT2D eigenvalue weighted by molar-refractivity contribution is 1.51. The summed E-state index contributed by atoms with van der Waals surface area (Å²) in [4.78, 5) is 0. The molecular weight excluding hydrogens is 156 g/mol. The highest BCUT2D eigenvalue weighted by Gasteiger charge is 1.99. The molecule has 0 radical (unpaired) electrons. The van der Waals surface area contributed by atoms with Crippen molar-refractivity contribution in [2.45, 2.75) is 0 Å². The van der Waals surface area contributed by atoms with Gasteiger partial charge >= 0.3 is 0 Å². The Hall–Kier alpha value is -1.40. The second kappa shape index (κ2) is 2.33. The molecule has 0 spiro atoms. The molecule has 0 saturated carbocycles. The summed E-state index contributed by atoms with van der Waals surface area (Å²) >= 11 is 1.37. The molecule has 11 heavy (non-hydrogen) atoms. The van der Waals surface area contributed by atoms with Crippen LogP contribution in [-0.4, -0.2) is 4.37 Å². The first kappa shape index (κ1) is 6.32. The summed E-state index contributed by atoms with van der Waals surface area (Å²) < 4.78 is 4.98. The predicted molar refractivity (Wildman–Crippen MR) is 44.3 cm³/mol. The Kier molecular flexibility index (Phi) is 1.34. The molecule has 0 amide bonds. The summed E-state index contributed by atoms with van der Waals surface area (Å²) in [7, 11) is 0. The van der Waals surface area contributed by atoms with Gasteiger partial charge in [0.25, 0.3) is 0 Å². The number of fused-ring (bicyclic) bond motifs is 1. The molecule has 0 atom stereocenters. The Morgan fingerprint density at radius 2 is 2.36 bits per heavy atom. The van der Waals surface area contributed by atoms with Crippen LogP contribution >= 0.6 is 11.5 Å². The topological polar surface area (TPSA) is 36.7 Å². The molecule has 52 valence electrons. The fourth-order valence-corrected chi connectivity index (χ4v) is 1.69. The maximum atomic E-state index is 8.68. The van der Waals surface area contributed by atoms with Crippen LogP contribution in [0.1, 0.15) is 5.56 Å². The molecule has 2 rings (SSSR count). The first-order valence-electron chi connectivity index (χ1n) is 3.15. The summed E-state index contributed by atoms with van der Waals surface area (Å²) in [6.07, 6.45) is 1.78. The van der Waals surface area contributed by atoms with Crippen molar-refractivity contribution in [1.29, 1.82) is 5.26 Å². The van der Waals surface area contributed by atoms with Crippen LogP contribution in [0.25, 0.3) is 10.1 Å². The summed E-state index contributed by atoms with van der Waals surface area (Å²) in [5, 5.41) is 9.73. The first-order valence-corrected chi connectivity index (χ1v) is 3.92.